The van der Waals surface area contributed by atoms with Gasteiger partial charge in [0.2, 0.25) is 0 Å². The number of nitrogens with one attached hydrogen (secondary N) is 1. The first-order valence-electron chi connectivity index (χ1n) is 16.9. The van der Waals surface area contributed by atoms with Crippen LogP contribution in [0.5, 0.6) is 0 Å². The molecule has 0 fully saturated rings. The normalized spacial score (nSPS) is 10.8. The fraction of sp³-hybridized carbons (Fsp3) is 0.0435. The first kappa shape index (κ1) is 32.0. The summed E-state index contributed by atoms with van der Waals surface area (Å²) in [6.45, 7) is 7.33. The van der Waals surface area contributed by atoms with Crippen LogP contribution in [0.1, 0.15) is 12.5 Å². The van der Waals surface area contributed by atoms with E-state index < -0.39 is 0 Å². The predicted octanol–water partition coefficient (Wildman–Crippen LogP) is 12.4. The zero-order valence-corrected chi connectivity index (χ0v) is 28.4. The number of fused-ring (bicyclic) bond motifs is 6. The minimum absolute atomic E-state index is 0.674. The van der Waals surface area contributed by atoms with Gasteiger partial charge in [0.15, 0.2) is 0 Å². The molecule has 50 heavy (non-hydrogen) atoms. The summed E-state index contributed by atoms with van der Waals surface area (Å²) in [6.07, 6.45) is 1.75. The van der Waals surface area contributed by atoms with Crippen LogP contribution in [-0.2, 0) is 0 Å². The van der Waals surface area contributed by atoms with E-state index in [1.165, 1.54) is 27.1 Å². The van der Waals surface area contributed by atoms with Gasteiger partial charge in [0.1, 0.15) is 5.82 Å². The lowest BCUT2D eigenvalue weighted by atomic mass is 10.1. The Kier molecular flexibility index (Phi) is 9.17. The predicted molar refractivity (Wildman–Crippen MR) is 216 cm³/mol. The standard InChI is InChI=1S/C36H26N4.C7H8.C3H6/c37-36-33(38-26-13-3-1-4-14-26)31-22-21-30-29-17-9-10-18-32(29)39(28-20-19-24-11-7-8-12-25(24)23-28)34(30)35(31)40(36)27-15-5-2-6-16-27;1-7-5-3-2-4-6-7;1-3-2/h1-23,38H,37H2;2-6H,1H3;3H,1H2,2H3. The average molecular weight is 649 g/mol. The van der Waals surface area contributed by atoms with Crippen molar-refractivity contribution in [2.45, 2.75) is 13.8 Å². The molecule has 0 radical (unpaired) electrons. The van der Waals surface area contributed by atoms with Crippen LogP contribution < -0.4 is 11.1 Å². The van der Waals surface area contributed by atoms with Crippen LogP contribution >= 0.6 is 0 Å². The van der Waals surface area contributed by atoms with Gasteiger partial charge in [-0.2, -0.15) is 0 Å². The van der Waals surface area contributed by atoms with Crippen molar-refractivity contribution in [3.63, 3.8) is 0 Å². The lowest BCUT2D eigenvalue weighted by Crippen LogP contribution is -2.03. The van der Waals surface area contributed by atoms with Crippen molar-refractivity contribution in [1.29, 1.82) is 0 Å². The molecule has 0 bridgehead atoms. The van der Waals surface area contributed by atoms with Crippen molar-refractivity contribution in [2.75, 3.05) is 11.1 Å². The number of allylic oxidation sites excluding steroid dienone is 1. The summed E-state index contributed by atoms with van der Waals surface area (Å²) in [7, 11) is 0. The monoisotopic (exact) mass is 648 g/mol. The van der Waals surface area contributed by atoms with Crippen LogP contribution in [0.25, 0.3) is 54.9 Å². The number of aryl methyl sites for hydroxylation is 1. The molecule has 4 heteroatoms. The molecule has 7 aromatic carbocycles. The van der Waals surface area contributed by atoms with E-state index in [9.17, 15) is 0 Å². The van der Waals surface area contributed by atoms with Crippen LogP contribution in [0.2, 0.25) is 0 Å². The summed E-state index contributed by atoms with van der Waals surface area (Å²) < 4.78 is 4.59. The second-order valence-electron chi connectivity index (χ2n) is 12.2. The van der Waals surface area contributed by atoms with Gasteiger partial charge >= 0.3 is 0 Å². The van der Waals surface area contributed by atoms with Crippen molar-refractivity contribution >= 4 is 60.7 Å². The molecular weight excluding hydrogens is 609 g/mol. The quantitative estimate of drug-likeness (QED) is 0.187. The minimum atomic E-state index is 0.674. The van der Waals surface area contributed by atoms with Gasteiger partial charge in [-0.05, 0) is 73.2 Å². The Labute approximate surface area is 293 Å². The van der Waals surface area contributed by atoms with Gasteiger partial charge in [0.25, 0.3) is 0 Å². The fourth-order valence-electron chi connectivity index (χ4n) is 6.60. The number of nitrogen functional groups attached to an aromatic ring is 1. The lowest BCUT2D eigenvalue weighted by molar-refractivity contribution is 1.13. The van der Waals surface area contributed by atoms with Crippen LogP contribution in [0.4, 0.5) is 17.2 Å². The van der Waals surface area contributed by atoms with Gasteiger partial charge < -0.3 is 15.6 Å². The van der Waals surface area contributed by atoms with E-state index in [0.717, 1.165) is 44.7 Å². The molecule has 2 heterocycles. The molecule has 244 valence electrons. The van der Waals surface area contributed by atoms with Gasteiger partial charge in [0.05, 0.1) is 22.2 Å². The van der Waals surface area contributed by atoms with Crippen LogP contribution in [0.15, 0.2) is 183 Å². The highest BCUT2D eigenvalue weighted by Gasteiger charge is 2.23. The fourth-order valence-corrected chi connectivity index (χ4v) is 6.60. The Balaban J connectivity index is 0.000000343. The summed E-state index contributed by atoms with van der Waals surface area (Å²) in [5.74, 6) is 0.674. The maximum atomic E-state index is 7.04. The van der Waals surface area contributed by atoms with E-state index >= 15 is 0 Å². The number of hydrogen-bond acceptors (Lipinski definition) is 2. The molecule has 0 saturated heterocycles. The first-order chi connectivity index (χ1) is 24.6. The highest BCUT2D eigenvalue weighted by atomic mass is 15.1. The maximum absolute atomic E-state index is 7.04. The number of aromatic nitrogens is 2. The highest BCUT2D eigenvalue weighted by molar-refractivity contribution is 6.21. The Morgan fingerprint density at radius 1 is 0.540 bits per heavy atom. The number of nitrogens with two attached hydrogens (primary N) is 1. The molecule has 2 aromatic heterocycles. The number of anilines is 3. The van der Waals surface area contributed by atoms with E-state index in [1.807, 2.05) is 49.4 Å². The van der Waals surface area contributed by atoms with Crippen molar-refractivity contribution < 1.29 is 0 Å². The van der Waals surface area contributed by atoms with E-state index in [1.54, 1.807) is 6.08 Å². The van der Waals surface area contributed by atoms with Gasteiger partial charge in [-0.1, -0.05) is 133 Å². The largest absolute Gasteiger partial charge is 0.383 e. The molecule has 0 atom stereocenters. The first-order valence-corrected chi connectivity index (χ1v) is 16.9. The van der Waals surface area contributed by atoms with Crippen LogP contribution in [0.3, 0.4) is 0 Å². The zero-order chi connectivity index (χ0) is 34.5. The highest BCUT2D eigenvalue weighted by Crippen LogP contribution is 2.44. The minimum Gasteiger partial charge on any atom is -0.383 e. The number of hydrogen-bond donors (Lipinski definition) is 2. The van der Waals surface area contributed by atoms with Crippen molar-refractivity contribution in [3.05, 3.63) is 188 Å². The zero-order valence-electron chi connectivity index (χ0n) is 28.4. The number of nitrogens with zero attached hydrogens (tertiary/aromatic N) is 2. The Morgan fingerprint density at radius 2 is 1.10 bits per heavy atom. The molecule has 0 aliphatic rings. The van der Waals surface area contributed by atoms with Gasteiger partial charge in [0, 0.05) is 33.2 Å². The molecule has 0 amide bonds. The third kappa shape index (κ3) is 6.11. The third-order valence-corrected chi connectivity index (χ3v) is 8.79. The van der Waals surface area contributed by atoms with Crippen molar-refractivity contribution in [3.8, 4) is 11.4 Å². The molecule has 9 rings (SSSR count). The molecule has 0 unspecified atom stereocenters. The van der Waals surface area contributed by atoms with Gasteiger partial charge in [-0.15, -0.1) is 6.58 Å². The van der Waals surface area contributed by atoms with Gasteiger partial charge in [-0.3, -0.25) is 4.57 Å². The number of rotatable bonds is 4. The molecule has 0 spiro atoms. The molecule has 0 saturated carbocycles. The molecular formula is C46H40N4. The number of benzene rings is 7. The lowest BCUT2D eigenvalue weighted by Gasteiger charge is -2.13. The van der Waals surface area contributed by atoms with E-state index in [2.05, 4.69) is 155 Å². The summed E-state index contributed by atoms with van der Waals surface area (Å²) >= 11 is 0. The van der Waals surface area contributed by atoms with E-state index in [0.29, 0.717) is 5.82 Å². The Morgan fingerprint density at radius 3 is 1.78 bits per heavy atom. The van der Waals surface area contributed by atoms with Crippen molar-refractivity contribution in [1.82, 2.24) is 9.13 Å². The molecule has 0 aliphatic carbocycles. The smallest absolute Gasteiger partial charge is 0.133 e. The van der Waals surface area contributed by atoms with E-state index in [-0.39, 0.29) is 0 Å². The second-order valence-corrected chi connectivity index (χ2v) is 12.2. The number of para-hydroxylation sites is 3. The molecule has 0 aliphatic heterocycles. The summed E-state index contributed by atoms with van der Waals surface area (Å²) in [6, 6.07) is 59.2. The topological polar surface area (TPSA) is 47.9 Å². The average Bonchev–Trinajstić information content (AvgIpc) is 3.64. The summed E-state index contributed by atoms with van der Waals surface area (Å²) in [4.78, 5) is 0. The SMILES string of the molecule is C=CC.Cc1ccccc1.Nc1c(Nc2ccccc2)c2ccc3c4ccccc4n(-c4ccc5ccccc5c4)c3c2n1-c1ccccc1. The molecule has 9 aromatic rings. The Hall–Kier alpha value is -6.52. The van der Waals surface area contributed by atoms with Crippen molar-refractivity contribution in [2.24, 2.45) is 0 Å². The maximum Gasteiger partial charge on any atom is 0.133 e. The van der Waals surface area contributed by atoms with Crippen LogP contribution in [-0.4, -0.2) is 9.13 Å². The second kappa shape index (κ2) is 14.3. The molecule has 3 N–H and O–H groups in total. The molecule has 4 nitrogen and oxygen atoms in total. The van der Waals surface area contributed by atoms with Crippen LogP contribution in [0, 0.1) is 6.92 Å². The van der Waals surface area contributed by atoms with Gasteiger partial charge in [-0.25, -0.2) is 0 Å². The Bertz CT molecular complexity index is 2540. The third-order valence-electron chi connectivity index (χ3n) is 8.79. The van der Waals surface area contributed by atoms with E-state index in [4.69, 9.17) is 5.73 Å². The summed E-state index contributed by atoms with van der Waals surface area (Å²) in [5, 5.41) is 9.54. The summed E-state index contributed by atoms with van der Waals surface area (Å²) in [5.41, 5.74) is 15.8.